The minimum absolute atomic E-state index is 0.0381. The van der Waals surface area contributed by atoms with Crippen LogP contribution in [0.25, 0.3) is 0 Å². The lowest BCUT2D eigenvalue weighted by Gasteiger charge is -2.71. The van der Waals surface area contributed by atoms with Gasteiger partial charge in [0.1, 0.15) is 12.3 Å². The van der Waals surface area contributed by atoms with Gasteiger partial charge in [0.05, 0.1) is 12.0 Å². The van der Waals surface area contributed by atoms with E-state index in [0.717, 1.165) is 51.4 Å². The summed E-state index contributed by atoms with van der Waals surface area (Å²) in [5.74, 6) is 2.31. The second-order valence-electron chi connectivity index (χ2n) is 15.4. The predicted octanol–water partition coefficient (Wildman–Crippen LogP) is 6.89. The Morgan fingerprint density at radius 3 is 2.38 bits per heavy atom. The summed E-state index contributed by atoms with van der Waals surface area (Å²) in [6.45, 7) is 18.8. The molecular weight excluding hydrogens is 486 g/mol. The maximum Gasteiger partial charge on any atom is 0.325 e. The summed E-state index contributed by atoms with van der Waals surface area (Å²) in [5.41, 5.74) is 1.18. The highest BCUT2D eigenvalue weighted by molar-refractivity contribution is 5.87. The zero-order valence-corrected chi connectivity index (χ0v) is 25.9. The molecule has 1 amide bonds. The van der Waals surface area contributed by atoms with Crippen molar-refractivity contribution in [2.24, 2.45) is 56.7 Å². The fourth-order valence-electron chi connectivity index (χ4n) is 11.2. The molecule has 0 aliphatic heterocycles. The van der Waals surface area contributed by atoms with Crippen LogP contribution in [0.1, 0.15) is 113 Å². The summed E-state index contributed by atoms with van der Waals surface area (Å²) in [6, 6.07) is 0. The highest BCUT2D eigenvalue weighted by Gasteiger charge is 2.69. The minimum Gasteiger partial charge on any atom is -0.465 e. The van der Waals surface area contributed by atoms with Gasteiger partial charge in [-0.15, -0.1) is 0 Å². The molecule has 0 bridgehead atoms. The van der Waals surface area contributed by atoms with Crippen molar-refractivity contribution in [3.63, 3.8) is 0 Å². The summed E-state index contributed by atoms with van der Waals surface area (Å²) in [7, 11) is 0. The van der Waals surface area contributed by atoms with Crippen molar-refractivity contribution < 1.29 is 19.1 Å². The topological polar surface area (TPSA) is 72.5 Å². The third-order valence-electron chi connectivity index (χ3n) is 13.9. The first-order valence-electron chi connectivity index (χ1n) is 15.9. The van der Waals surface area contributed by atoms with E-state index in [4.69, 9.17) is 4.74 Å². The lowest BCUT2D eigenvalue weighted by molar-refractivity contribution is -0.187. The Labute approximate surface area is 236 Å². The van der Waals surface area contributed by atoms with Crippen LogP contribution in [0.2, 0.25) is 0 Å². The molecule has 4 saturated carbocycles. The number of carbonyl (C=O) groups excluding carboxylic acids is 3. The van der Waals surface area contributed by atoms with E-state index in [9.17, 15) is 14.4 Å². The van der Waals surface area contributed by atoms with Crippen molar-refractivity contribution in [2.75, 3.05) is 13.2 Å². The van der Waals surface area contributed by atoms with Gasteiger partial charge in [-0.2, -0.15) is 0 Å². The van der Waals surface area contributed by atoms with Crippen LogP contribution in [0.4, 0.5) is 0 Å². The number of esters is 1. The molecule has 0 saturated heterocycles. The third-order valence-corrected chi connectivity index (χ3v) is 13.9. The number of allylic oxidation sites excluding steroid dienone is 2. The van der Waals surface area contributed by atoms with E-state index in [1.165, 1.54) is 5.57 Å². The highest BCUT2D eigenvalue weighted by atomic mass is 16.5. The molecule has 5 rings (SSSR count). The Hall–Kier alpha value is -1.65. The van der Waals surface area contributed by atoms with E-state index in [2.05, 4.69) is 59.9 Å². The summed E-state index contributed by atoms with van der Waals surface area (Å²) < 4.78 is 5.11. The average Bonchev–Trinajstić information content (AvgIpc) is 2.88. The molecule has 0 aromatic heterocycles. The number of hydrogen-bond donors (Lipinski definition) is 1. The predicted molar refractivity (Wildman–Crippen MR) is 154 cm³/mol. The summed E-state index contributed by atoms with van der Waals surface area (Å²) in [6.07, 6.45) is 11.5. The normalized spacial score (nSPS) is 46.5. The van der Waals surface area contributed by atoms with Crippen LogP contribution in [0.5, 0.6) is 0 Å². The fraction of sp³-hybridized carbons (Fsp3) is 0.853. The number of ketones is 1. The summed E-state index contributed by atoms with van der Waals surface area (Å²) in [4.78, 5) is 39.2. The van der Waals surface area contributed by atoms with E-state index < -0.39 is 5.41 Å². The lowest BCUT2D eigenvalue weighted by Crippen LogP contribution is -2.65. The maximum atomic E-state index is 14.0. The number of fused-ring (bicyclic) bond motifs is 7. The van der Waals surface area contributed by atoms with Gasteiger partial charge in [0.15, 0.2) is 0 Å². The van der Waals surface area contributed by atoms with Crippen LogP contribution in [0, 0.1) is 56.7 Å². The molecular formula is C34H53NO4. The Morgan fingerprint density at radius 1 is 0.974 bits per heavy atom. The summed E-state index contributed by atoms with van der Waals surface area (Å²) >= 11 is 0. The Morgan fingerprint density at radius 2 is 1.69 bits per heavy atom. The first kappa shape index (κ1) is 28.9. The molecule has 39 heavy (non-hydrogen) atoms. The first-order chi connectivity index (χ1) is 18.2. The van der Waals surface area contributed by atoms with Gasteiger partial charge in [0.25, 0.3) is 0 Å². The van der Waals surface area contributed by atoms with Gasteiger partial charge < -0.3 is 10.1 Å². The smallest absolute Gasteiger partial charge is 0.325 e. The number of ether oxygens (including phenoxy) is 1. The van der Waals surface area contributed by atoms with Crippen molar-refractivity contribution in [2.45, 2.75) is 113 Å². The molecule has 5 aliphatic carbocycles. The zero-order valence-electron chi connectivity index (χ0n) is 25.9. The molecule has 4 fully saturated rings. The molecule has 218 valence electrons. The SMILES string of the molecule is CCOC(=O)CNC(=O)[C@]12CC[C@@H](C)[C@H](C)[C@H]1C1=CC[C@@H]3[C@@]4(C)CCC(=O)C(C)(C)[C@@H]4CC[C@@]3(C)[C@]1(C)CC2. The Bertz CT molecular complexity index is 1080. The number of amides is 1. The van der Waals surface area contributed by atoms with Crippen LogP contribution in [0.3, 0.4) is 0 Å². The van der Waals surface area contributed by atoms with E-state index in [-0.39, 0.29) is 46.0 Å². The maximum absolute atomic E-state index is 14.0. The first-order valence-corrected chi connectivity index (χ1v) is 15.9. The van der Waals surface area contributed by atoms with E-state index in [1.54, 1.807) is 6.92 Å². The van der Waals surface area contributed by atoms with Crippen LogP contribution in [0.15, 0.2) is 11.6 Å². The second-order valence-corrected chi connectivity index (χ2v) is 15.4. The van der Waals surface area contributed by atoms with Crippen molar-refractivity contribution in [3.05, 3.63) is 11.6 Å². The largest absolute Gasteiger partial charge is 0.465 e. The molecule has 1 N–H and O–H groups in total. The number of nitrogens with one attached hydrogen (secondary N) is 1. The van der Waals surface area contributed by atoms with Gasteiger partial charge in [-0.25, -0.2) is 0 Å². The van der Waals surface area contributed by atoms with Gasteiger partial charge in [-0.3, -0.25) is 14.4 Å². The molecule has 5 aliphatic rings. The number of hydrogen-bond acceptors (Lipinski definition) is 4. The van der Waals surface area contributed by atoms with Crippen LogP contribution in [-0.4, -0.2) is 30.8 Å². The van der Waals surface area contributed by atoms with Gasteiger partial charge >= 0.3 is 5.97 Å². The lowest BCUT2D eigenvalue weighted by atomic mass is 9.33. The Balaban J connectivity index is 1.53. The van der Waals surface area contributed by atoms with Gasteiger partial charge in [-0.05, 0) is 104 Å². The minimum atomic E-state index is -0.451. The van der Waals surface area contributed by atoms with Crippen molar-refractivity contribution in [3.8, 4) is 0 Å². The molecule has 5 nitrogen and oxygen atoms in total. The van der Waals surface area contributed by atoms with Crippen molar-refractivity contribution >= 4 is 17.7 Å². The van der Waals surface area contributed by atoms with Gasteiger partial charge in [0, 0.05) is 11.8 Å². The molecule has 0 spiro atoms. The molecule has 0 aromatic carbocycles. The fourth-order valence-corrected chi connectivity index (χ4v) is 11.2. The molecule has 0 aromatic rings. The quantitative estimate of drug-likeness (QED) is 0.312. The number of Topliss-reactive ketones (excluding diaryl/α,β-unsaturated/α-hetero) is 1. The van der Waals surface area contributed by atoms with Crippen LogP contribution >= 0.6 is 0 Å². The van der Waals surface area contributed by atoms with Crippen LogP contribution < -0.4 is 5.32 Å². The standard InChI is InChI=1S/C34H53NO4/c1-9-39-27(37)20-35-29(38)34-17-12-21(2)22(3)28(34)23-10-11-25-31(6)15-14-26(36)30(4,5)24(31)13-16-33(25,8)32(23,7)18-19-34/h10,21-22,24-25,28H,9,11-20H2,1-8H3,(H,35,38)/t21-,22+,24+,25-,28+,31+,32-,33-,34+/m1/s1. The average molecular weight is 540 g/mol. The van der Waals surface area contributed by atoms with Crippen molar-refractivity contribution in [1.29, 1.82) is 0 Å². The Kier molecular flexibility index (Phi) is 6.99. The molecule has 0 unspecified atom stereocenters. The van der Waals surface area contributed by atoms with E-state index >= 15 is 0 Å². The monoisotopic (exact) mass is 539 g/mol. The molecule has 9 atom stereocenters. The van der Waals surface area contributed by atoms with Gasteiger partial charge in [0.2, 0.25) is 5.91 Å². The highest BCUT2D eigenvalue weighted by Crippen LogP contribution is 2.75. The summed E-state index contributed by atoms with van der Waals surface area (Å²) in [5, 5.41) is 3.02. The van der Waals surface area contributed by atoms with E-state index in [1.807, 2.05) is 0 Å². The third kappa shape index (κ3) is 3.86. The number of carbonyl (C=O) groups is 3. The zero-order chi connectivity index (χ0) is 28.6. The molecule has 0 heterocycles. The molecule has 5 heteroatoms. The van der Waals surface area contributed by atoms with Crippen molar-refractivity contribution in [1.82, 2.24) is 5.32 Å². The number of rotatable bonds is 4. The molecule has 0 radical (unpaired) electrons. The van der Waals surface area contributed by atoms with Crippen LogP contribution in [-0.2, 0) is 19.1 Å². The van der Waals surface area contributed by atoms with E-state index in [0.29, 0.717) is 42.5 Å². The van der Waals surface area contributed by atoms with Gasteiger partial charge in [-0.1, -0.05) is 60.1 Å². The second kappa shape index (κ2) is 9.44.